The molecular weight excluding hydrogens is 310 g/mol. The van der Waals surface area contributed by atoms with Crippen LogP contribution in [0.1, 0.15) is 35.7 Å². The number of aryl methyl sites for hydroxylation is 1. The molecule has 1 aromatic heterocycles. The number of aromatic nitrogens is 1. The Balaban J connectivity index is 1.94. The van der Waals surface area contributed by atoms with E-state index in [4.69, 9.17) is 4.74 Å². The van der Waals surface area contributed by atoms with Crippen molar-refractivity contribution >= 4 is 16.7 Å². The molecule has 0 fully saturated rings. The Morgan fingerprint density at radius 1 is 1.08 bits per heavy atom. The molecule has 3 aromatic rings. The summed E-state index contributed by atoms with van der Waals surface area (Å²) in [5.41, 5.74) is 2.53. The first-order valence-corrected chi connectivity index (χ1v) is 8.66. The molecule has 0 spiro atoms. The summed E-state index contributed by atoms with van der Waals surface area (Å²) in [4.78, 5) is 13.0. The van der Waals surface area contributed by atoms with Crippen LogP contribution in [-0.2, 0) is 6.54 Å². The van der Waals surface area contributed by atoms with Gasteiger partial charge in [0.1, 0.15) is 5.75 Å². The fraction of sp³-hybridized carbons (Fsp3) is 0.227. The number of hydrogen-bond acceptors (Lipinski definition) is 2. The molecule has 128 valence electrons. The van der Waals surface area contributed by atoms with Gasteiger partial charge in [-0.15, -0.1) is 0 Å². The highest BCUT2D eigenvalue weighted by molar-refractivity contribution is 6.16. The fourth-order valence-electron chi connectivity index (χ4n) is 3.01. The van der Waals surface area contributed by atoms with E-state index in [1.165, 1.54) is 0 Å². The second kappa shape index (κ2) is 7.84. The largest absolute Gasteiger partial charge is 0.497 e. The first kappa shape index (κ1) is 17.0. The van der Waals surface area contributed by atoms with Crippen LogP contribution < -0.4 is 4.74 Å². The van der Waals surface area contributed by atoms with Gasteiger partial charge in [-0.2, -0.15) is 0 Å². The van der Waals surface area contributed by atoms with Gasteiger partial charge in [0.2, 0.25) is 0 Å². The van der Waals surface area contributed by atoms with Crippen LogP contribution in [0.25, 0.3) is 10.9 Å². The van der Waals surface area contributed by atoms with Crippen molar-refractivity contribution in [1.82, 2.24) is 4.57 Å². The van der Waals surface area contributed by atoms with E-state index in [0.717, 1.165) is 41.6 Å². The maximum Gasteiger partial charge on any atom is 0.195 e. The van der Waals surface area contributed by atoms with Gasteiger partial charge in [-0.05, 0) is 43.2 Å². The monoisotopic (exact) mass is 333 g/mol. The second-order valence-corrected chi connectivity index (χ2v) is 5.98. The SMILES string of the molecule is CC/C=C\CCn1cc(C(=O)c2ccc(OC)cc2)c2ccccc21. The van der Waals surface area contributed by atoms with Gasteiger partial charge >= 0.3 is 0 Å². The maximum atomic E-state index is 13.0. The summed E-state index contributed by atoms with van der Waals surface area (Å²) in [5, 5.41) is 1.00. The molecule has 0 N–H and O–H groups in total. The Hall–Kier alpha value is -2.81. The molecule has 3 nitrogen and oxygen atoms in total. The van der Waals surface area contributed by atoms with Crippen LogP contribution in [-0.4, -0.2) is 17.5 Å². The van der Waals surface area contributed by atoms with Gasteiger partial charge in [0, 0.05) is 34.8 Å². The topological polar surface area (TPSA) is 31.2 Å². The predicted molar refractivity (Wildman–Crippen MR) is 102 cm³/mol. The highest BCUT2D eigenvalue weighted by atomic mass is 16.5. The van der Waals surface area contributed by atoms with Crippen LogP contribution in [0, 0.1) is 0 Å². The molecule has 2 aromatic carbocycles. The number of fused-ring (bicyclic) bond motifs is 1. The third-order valence-electron chi connectivity index (χ3n) is 4.32. The molecule has 0 aliphatic heterocycles. The van der Waals surface area contributed by atoms with Gasteiger partial charge in [0.05, 0.1) is 7.11 Å². The zero-order valence-corrected chi connectivity index (χ0v) is 14.7. The molecule has 0 bridgehead atoms. The van der Waals surface area contributed by atoms with Crippen molar-refractivity contribution in [2.24, 2.45) is 0 Å². The maximum absolute atomic E-state index is 13.0. The average molecular weight is 333 g/mol. The van der Waals surface area contributed by atoms with Gasteiger partial charge < -0.3 is 9.30 Å². The van der Waals surface area contributed by atoms with Crippen LogP contribution in [0.3, 0.4) is 0 Å². The average Bonchev–Trinajstić information content (AvgIpc) is 3.03. The van der Waals surface area contributed by atoms with E-state index in [-0.39, 0.29) is 5.78 Å². The summed E-state index contributed by atoms with van der Waals surface area (Å²) in [6.45, 7) is 3.00. The van der Waals surface area contributed by atoms with Gasteiger partial charge in [-0.1, -0.05) is 37.3 Å². The lowest BCUT2D eigenvalue weighted by atomic mass is 10.0. The number of para-hydroxylation sites is 1. The molecule has 0 unspecified atom stereocenters. The van der Waals surface area contributed by atoms with E-state index in [1.807, 2.05) is 48.7 Å². The molecule has 25 heavy (non-hydrogen) atoms. The Bertz CT molecular complexity index is 888. The summed E-state index contributed by atoms with van der Waals surface area (Å²) in [7, 11) is 1.62. The first-order valence-electron chi connectivity index (χ1n) is 8.66. The van der Waals surface area contributed by atoms with Gasteiger partial charge in [0.15, 0.2) is 5.78 Å². The van der Waals surface area contributed by atoms with Gasteiger partial charge in [0.25, 0.3) is 0 Å². The molecule has 0 radical (unpaired) electrons. The number of nitrogens with zero attached hydrogens (tertiary/aromatic N) is 1. The zero-order chi connectivity index (χ0) is 17.6. The van der Waals surface area contributed by atoms with Crippen LogP contribution in [0.5, 0.6) is 5.75 Å². The summed E-state index contributed by atoms with van der Waals surface area (Å²) >= 11 is 0. The molecule has 3 rings (SSSR count). The van der Waals surface area contributed by atoms with E-state index in [1.54, 1.807) is 7.11 Å². The lowest BCUT2D eigenvalue weighted by molar-refractivity contribution is 0.104. The van der Waals surface area contributed by atoms with Crippen molar-refractivity contribution < 1.29 is 9.53 Å². The number of carbonyl (C=O) groups is 1. The molecular formula is C22H23NO2. The number of benzene rings is 2. The molecule has 0 saturated carbocycles. The predicted octanol–water partition coefficient (Wildman–Crippen LogP) is 5.24. The summed E-state index contributed by atoms with van der Waals surface area (Å²) in [6.07, 6.45) is 8.36. The van der Waals surface area contributed by atoms with Crippen molar-refractivity contribution in [2.45, 2.75) is 26.3 Å². The molecule has 1 heterocycles. The third kappa shape index (κ3) is 3.66. The molecule has 0 aliphatic carbocycles. The number of ether oxygens (including phenoxy) is 1. The quantitative estimate of drug-likeness (QED) is 0.437. The van der Waals surface area contributed by atoms with Gasteiger partial charge in [-0.3, -0.25) is 4.79 Å². The van der Waals surface area contributed by atoms with E-state index < -0.39 is 0 Å². The minimum absolute atomic E-state index is 0.0432. The number of carbonyl (C=O) groups excluding carboxylic acids is 1. The lowest BCUT2D eigenvalue weighted by Crippen LogP contribution is -2.01. The third-order valence-corrected chi connectivity index (χ3v) is 4.32. The summed E-state index contributed by atoms with van der Waals surface area (Å²) < 4.78 is 7.34. The number of ketones is 1. The molecule has 0 saturated heterocycles. The number of allylic oxidation sites excluding steroid dienone is 2. The van der Waals surface area contributed by atoms with Crippen molar-refractivity contribution in [3.63, 3.8) is 0 Å². The van der Waals surface area contributed by atoms with Crippen LogP contribution in [0.4, 0.5) is 0 Å². The molecule has 0 atom stereocenters. The van der Waals surface area contributed by atoms with E-state index >= 15 is 0 Å². The van der Waals surface area contributed by atoms with E-state index in [2.05, 4.69) is 29.7 Å². The Labute approximate surface area is 148 Å². The smallest absolute Gasteiger partial charge is 0.195 e. The fourth-order valence-corrected chi connectivity index (χ4v) is 3.01. The standard InChI is InChI=1S/C22H23NO2/c1-3-4-5-8-15-23-16-20(19-9-6-7-10-21(19)23)22(24)17-11-13-18(25-2)14-12-17/h4-7,9-14,16H,3,8,15H2,1-2H3/b5-4-. The highest BCUT2D eigenvalue weighted by Gasteiger charge is 2.16. The molecule has 3 heteroatoms. The number of methoxy groups -OCH3 is 1. The van der Waals surface area contributed by atoms with Crippen LogP contribution in [0.15, 0.2) is 66.9 Å². The number of rotatable bonds is 7. The normalized spacial score (nSPS) is 11.3. The molecule has 0 amide bonds. The van der Waals surface area contributed by atoms with Gasteiger partial charge in [-0.25, -0.2) is 0 Å². The second-order valence-electron chi connectivity index (χ2n) is 5.98. The lowest BCUT2D eigenvalue weighted by Gasteiger charge is -2.02. The minimum atomic E-state index is 0.0432. The van der Waals surface area contributed by atoms with Crippen molar-refractivity contribution in [3.8, 4) is 5.75 Å². The Morgan fingerprint density at radius 2 is 1.84 bits per heavy atom. The van der Waals surface area contributed by atoms with E-state index in [9.17, 15) is 4.79 Å². The van der Waals surface area contributed by atoms with Crippen molar-refractivity contribution in [1.29, 1.82) is 0 Å². The van der Waals surface area contributed by atoms with E-state index in [0.29, 0.717) is 5.56 Å². The van der Waals surface area contributed by atoms with Crippen molar-refractivity contribution in [2.75, 3.05) is 7.11 Å². The Kier molecular flexibility index (Phi) is 5.34. The minimum Gasteiger partial charge on any atom is -0.497 e. The first-order chi connectivity index (χ1) is 12.2. The summed E-state index contributed by atoms with van der Waals surface area (Å²) in [6, 6.07) is 15.4. The highest BCUT2D eigenvalue weighted by Crippen LogP contribution is 2.25. The van der Waals surface area contributed by atoms with Crippen molar-refractivity contribution in [3.05, 3.63) is 78.0 Å². The van der Waals surface area contributed by atoms with Crippen LogP contribution in [0.2, 0.25) is 0 Å². The number of hydrogen-bond donors (Lipinski definition) is 0. The molecule has 0 aliphatic rings. The Morgan fingerprint density at radius 3 is 2.56 bits per heavy atom. The zero-order valence-electron chi connectivity index (χ0n) is 14.7. The van der Waals surface area contributed by atoms with Crippen LogP contribution >= 0.6 is 0 Å². The summed E-state index contributed by atoms with van der Waals surface area (Å²) in [5.74, 6) is 0.795.